The van der Waals surface area contributed by atoms with Gasteiger partial charge in [-0.1, -0.05) is 19.1 Å². The Morgan fingerprint density at radius 3 is 2.41 bits per heavy atom. The molecule has 1 aliphatic heterocycles. The van der Waals surface area contributed by atoms with Crippen molar-refractivity contribution in [3.63, 3.8) is 0 Å². The van der Waals surface area contributed by atoms with Gasteiger partial charge in [-0.3, -0.25) is 0 Å². The van der Waals surface area contributed by atoms with E-state index in [1.807, 2.05) is 7.05 Å². The van der Waals surface area contributed by atoms with E-state index in [0.717, 1.165) is 13.1 Å². The maximum atomic E-state index is 11.7. The second-order valence-corrected chi connectivity index (χ2v) is 6.29. The Morgan fingerprint density at radius 2 is 2.00 bits per heavy atom. The lowest BCUT2D eigenvalue weighted by Gasteiger charge is -2.39. The molecule has 1 heterocycles. The number of nitrogens with one attached hydrogen (secondary N) is 2. The van der Waals surface area contributed by atoms with Crippen LogP contribution in [0.5, 0.6) is 0 Å². The summed E-state index contributed by atoms with van der Waals surface area (Å²) < 4.78 is 28.5. The molecule has 0 amide bonds. The Morgan fingerprint density at radius 1 is 1.47 bits per heavy atom. The summed E-state index contributed by atoms with van der Waals surface area (Å²) in [5.41, 5.74) is 4.92. The Labute approximate surface area is 108 Å². The van der Waals surface area contributed by atoms with Gasteiger partial charge in [-0.2, -0.15) is 13.1 Å². The number of thiocarbonyl (C=S) groups is 1. The van der Waals surface area contributed by atoms with Crippen molar-refractivity contribution in [2.75, 3.05) is 26.7 Å². The monoisotopic (exact) mass is 280 g/mol. The molecule has 6 nitrogen and oxygen atoms in total. The van der Waals surface area contributed by atoms with Gasteiger partial charge in [0, 0.05) is 19.6 Å². The zero-order valence-corrected chi connectivity index (χ0v) is 11.8. The van der Waals surface area contributed by atoms with E-state index in [2.05, 4.69) is 14.3 Å². The number of hydrogen-bond acceptors (Lipinski definition) is 4. The van der Waals surface area contributed by atoms with Crippen molar-refractivity contribution in [2.45, 2.75) is 25.3 Å². The number of rotatable bonds is 5. The van der Waals surface area contributed by atoms with E-state index in [4.69, 9.17) is 18.0 Å². The van der Waals surface area contributed by atoms with Gasteiger partial charge in [-0.15, -0.1) is 0 Å². The van der Waals surface area contributed by atoms with Crippen molar-refractivity contribution < 1.29 is 8.42 Å². The SMILES string of the molecule is CCNS(=O)(=O)NC1(C(N)=S)CCN(C)CC1. The molecule has 0 unspecified atom stereocenters. The summed E-state index contributed by atoms with van der Waals surface area (Å²) in [5, 5.41) is 0. The second-order valence-electron chi connectivity index (χ2n) is 4.35. The fourth-order valence-corrected chi connectivity index (χ4v) is 3.48. The molecule has 1 aliphatic rings. The average Bonchev–Trinajstić information content (AvgIpc) is 2.21. The number of nitrogens with two attached hydrogens (primary N) is 1. The first kappa shape index (κ1) is 14.8. The van der Waals surface area contributed by atoms with Crippen molar-refractivity contribution in [2.24, 2.45) is 5.73 Å². The molecule has 0 aromatic carbocycles. The summed E-state index contributed by atoms with van der Waals surface area (Å²) in [5.74, 6) is 0. The highest BCUT2D eigenvalue weighted by molar-refractivity contribution is 7.87. The molecule has 0 atom stereocenters. The Balaban J connectivity index is 2.84. The minimum atomic E-state index is -3.54. The number of likely N-dealkylation sites (tertiary alicyclic amines) is 1. The first-order valence-electron chi connectivity index (χ1n) is 5.58. The van der Waals surface area contributed by atoms with Crippen LogP contribution in [0.15, 0.2) is 0 Å². The Hall–Kier alpha value is -0.280. The fourth-order valence-electron chi connectivity index (χ4n) is 1.88. The second kappa shape index (κ2) is 5.57. The van der Waals surface area contributed by atoms with Crippen molar-refractivity contribution in [3.8, 4) is 0 Å². The van der Waals surface area contributed by atoms with Crippen LogP contribution in [0.1, 0.15) is 19.8 Å². The fraction of sp³-hybridized carbons (Fsp3) is 0.889. The molecule has 0 radical (unpaired) electrons. The molecule has 100 valence electrons. The van der Waals surface area contributed by atoms with Crippen molar-refractivity contribution >= 4 is 27.4 Å². The smallest absolute Gasteiger partial charge is 0.277 e. The maximum absolute atomic E-state index is 11.7. The third kappa shape index (κ3) is 3.85. The van der Waals surface area contributed by atoms with Crippen LogP contribution < -0.4 is 15.2 Å². The van der Waals surface area contributed by atoms with Crippen LogP contribution >= 0.6 is 12.2 Å². The summed E-state index contributed by atoms with van der Waals surface area (Å²) in [7, 11) is -1.55. The van der Waals surface area contributed by atoms with E-state index >= 15 is 0 Å². The first-order chi connectivity index (χ1) is 7.81. The predicted molar refractivity (Wildman–Crippen MR) is 72.0 cm³/mol. The molecule has 1 fully saturated rings. The summed E-state index contributed by atoms with van der Waals surface area (Å²) in [6, 6.07) is 0. The highest BCUT2D eigenvalue weighted by atomic mass is 32.2. The molecule has 1 saturated heterocycles. The van der Waals surface area contributed by atoms with Gasteiger partial charge in [0.05, 0.1) is 10.5 Å². The van der Waals surface area contributed by atoms with Gasteiger partial charge in [0.1, 0.15) is 0 Å². The molecule has 8 heteroatoms. The molecule has 1 rings (SSSR count). The zero-order chi connectivity index (χ0) is 13.1. The maximum Gasteiger partial charge on any atom is 0.277 e. The molecule has 0 aromatic rings. The van der Waals surface area contributed by atoms with Gasteiger partial charge in [-0.05, 0) is 19.9 Å². The highest BCUT2D eigenvalue weighted by Crippen LogP contribution is 2.22. The van der Waals surface area contributed by atoms with Crippen LogP contribution in [0.2, 0.25) is 0 Å². The minimum Gasteiger partial charge on any atom is -0.392 e. The van der Waals surface area contributed by atoms with Crippen molar-refractivity contribution in [3.05, 3.63) is 0 Å². The topological polar surface area (TPSA) is 87.5 Å². The lowest BCUT2D eigenvalue weighted by atomic mass is 9.89. The summed E-state index contributed by atoms with van der Waals surface area (Å²) in [4.78, 5) is 2.34. The van der Waals surface area contributed by atoms with Gasteiger partial charge in [0.15, 0.2) is 0 Å². The normalized spacial score (nSPS) is 21.3. The van der Waals surface area contributed by atoms with E-state index in [9.17, 15) is 8.42 Å². The molecule has 17 heavy (non-hydrogen) atoms. The van der Waals surface area contributed by atoms with E-state index in [1.54, 1.807) is 6.92 Å². The predicted octanol–water partition coefficient (Wildman–Crippen LogP) is -0.819. The van der Waals surface area contributed by atoms with Crippen LogP contribution in [-0.4, -0.2) is 50.5 Å². The third-order valence-electron chi connectivity index (χ3n) is 2.98. The molecule has 0 bridgehead atoms. The third-order valence-corrected chi connectivity index (χ3v) is 4.70. The minimum absolute atomic E-state index is 0.215. The molecule has 0 saturated carbocycles. The van der Waals surface area contributed by atoms with E-state index in [1.165, 1.54) is 0 Å². The van der Waals surface area contributed by atoms with Gasteiger partial charge < -0.3 is 10.6 Å². The molecular formula is C9H20N4O2S2. The van der Waals surface area contributed by atoms with Gasteiger partial charge in [0.2, 0.25) is 0 Å². The quantitative estimate of drug-likeness (QED) is 0.573. The molecule has 4 N–H and O–H groups in total. The van der Waals surface area contributed by atoms with Crippen LogP contribution in [0, 0.1) is 0 Å². The standard InChI is InChI=1S/C9H20N4O2S2/c1-3-11-17(14,15)12-9(8(10)16)4-6-13(2)7-5-9/h11-12H,3-7H2,1-2H3,(H2,10,16). The largest absolute Gasteiger partial charge is 0.392 e. The number of piperidine rings is 1. The van der Waals surface area contributed by atoms with E-state index in [-0.39, 0.29) is 4.99 Å². The number of nitrogens with zero attached hydrogens (tertiary/aromatic N) is 1. The average molecular weight is 280 g/mol. The van der Waals surface area contributed by atoms with Crippen LogP contribution in [0.4, 0.5) is 0 Å². The molecule has 0 aliphatic carbocycles. The lowest BCUT2D eigenvalue weighted by Crippen LogP contribution is -2.62. The van der Waals surface area contributed by atoms with Crippen LogP contribution in [0.25, 0.3) is 0 Å². The van der Waals surface area contributed by atoms with Crippen LogP contribution in [-0.2, 0) is 10.2 Å². The van der Waals surface area contributed by atoms with Gasteiger partial charge in [0.25, 0.3) is 10.2 Å². The lowest BCUT2D eigenvalue weighted by molar-refractivity contribution is 0.220. The Bertz CT molecular complexity index is 374. The molecule has 0 aromatic heterocycles. The van der Waals surface area contributed by atoms with E-state index < -0.39 is 15.7 Å². The van der Waals surface area contributed by atoms with Crippen LogP contribution in [0.3, 0.4) is 0 Å². The summed E-state index contributed by atoms with van der Waals surface area (Å²) in [6.45, 7) is 3.60. The zero-order valence-electron chi connectivity index (χ0n) is 10.2. The molecule has 0 spiro atoms. The summed E-state index contributed by atoms with van der Waals surface area (Å²) in [6.07, 6.45) is 1.20. The van der Waals surface area contributed by atoms with Gasteiger partial charge >= 0.3 is 0 Å². The first-order valence-corrected chi connectivity index (χ1v) is 7.47. The molecular weight excluding hydrogens is 260 g/mol. The van der Waals surface area contributed by atoms with Crippen molar-refractivity contribution in [1.29, 1.82) is 0 Å². The van der Waals surface area contributed by atoms with Gasteiger partial charge in [-0.25, -0.2) is 4.72 Å². The Kier molecular flexibility index (Phi) is 4.85. The van der Waals surface area contributed by atoms with E-state index in [0.29, 0.717) is 19.4 Å². The summed E-state index contributed by atoms with van der Waals surface area (Å²) >= 11 is 5.02. The number of hydrogen-bond donors (Lipinski definition) is 3. The van der Waals surface area contributed by atoms with Crippen molar-refractivity contribution in [1.82, 2.24) is 14.3 Å². The highest BCUT2D eigenvalue weighted by Gasteiger charge is 2.39.